The van der Waals surface area contributed by atoms with E-state index in [2.05, 4.69) is 10.6 Å². The number of hydrogen-bond donors (Lipinski definition) is 2. The lowest BCUT2D eigenvalue weighted by Crippen LogP contribution is -2.17. The van der Waals surface area contributed by atoms with Crippen LogP contribution in [0.4, 0.5) is 11.4 Å². The molecule has 1 fully saturated rings. The lowest BCUT2D eigenvalue weighted by molar-refractivity contribution is -0.115. The van der Waals surface area contributed by atoms with Crippen molar-refractivity contribution in [2.75, 3.05) is 16.4 Å². The van der Waals surface area contributed by atoms with E-state index in [0.717, 1.165) is 29.7 Å². The van der Waals surface area contributed by atoms with Crippen molar-refractivity contribution in [2.24, 2.45) is 0 Å². The second kappa shape index (κ2) is 9.58. The van der Waals surface area contributed by atoms with Crippen molar-refractivity contribution < 1.29 is 18.0 Å². The second-order valence-electron chi connectivity index (χ2n) is 8.17. The van der Waals surface area contributed by atoms with Gasteiger partial charge >= 0.3 is 0 Å². The van der Waals surface area contributed by atoms with Crippen molar-refractivity contribution >= 4 is 33.0 Å². The highest BCUT2D eigenvalue weighted by atomic mass is 32.2. The van der Waals surface area contributed by atoms with E-state index in [0.29, 0.717) is 17.2 Å². The summed E-state index contributed by atoms with van der Waals surface area (Å²) < 4.78 is 23.9. The number of rotatable bonds is 8. The Morgan fingerprint density at radius 1 is 0.879 bits per heavy atom. The standard InChI is InChI=1S/C26H26N2O4S/c1-2-33(31,32)22-13-8-18(9-14-22)16-25(29)27-21-12-15-23(24(17-21)19-10-11-19)26(30)28-20-6-4-3-5-7-20/h3-9,12-15,17,19H,2,10-11,16H2,1H3,(H,27,29)(H,28,30). The van der Waals surface area contributed by atoms with Crippen LogP contribution in [0, 0.1) is 0 Å². The van der Waals surface area contributed by atoms with Crippen molar-refractivity contribution in [2.45, 2.75) is 37.0 Å². The van der Waals surface area contributed by atoms with Crippen molar-refractivity contribution in [1.29, 1.82) is 0 Å². The Morgan fingerprint density at radius 3 is 2.21 bits per heavy atom. The maximum absolute atomic E-state index is 12.8. The molecule has 3 aromatic carbocycles. The zero-order valence-corrected chi connectivity index (χ0v) is 19.2. The first-order valence-electron chi connectivity index (χ1n) is 11.0. The van der Waals surface area contributed by atoms with Gasteiger partial charge in [-0.25, -0.2) is 8.42 Å². The second-order valence-corrected chi connectivity index (χ2v) is 10.4. The van der Waals surface area contributed by atoms with Crippen molar-refractivity contribution in [1.82, 2.24) is 0 Å². The van der Waals surface area contributed by atoms with E-state index in [1.165, 1.54) is 12.1 Å². The minimum Gasteiger partial charge on any atom is -0.326 e. The van der Waals surface area contributed by atoms with E-state index in [1.54, 1.807) is 31.2 Å². The average Bonchev–Trinajstić information content (AvgIpc) is 3.65. The minimum atomic E-state index is -3.26. The third kappa shape index (κ3) is 5.68. The molecule has 2 amide bonds. The fraction of sp³-hybridized carbons (Fsp3) is 0.231. The smallest absolute Gasteiger partial charge is 0.255 e. The number of nitrogens with one attached hydrogen (secondary N) is 2. The van der Waals surface area contributed by atoms with Gasteiger partial charge in [0.05, 0.1) is 17.1 Å². The summed E-state index contributed by atoms with van der Waals surface area (Å²) >= 11 is 0. The highest BCUT2D eigenvalue weighted by Crippen LogP contribution is 2.42. The minimum absolute atomic E-state index is 0.0372. The van der Waals surface area contributed by atoms with Crippen LogP contribution in [0.25, 0.3) is 0 Å². The molecule has 7 heteroatoms. The van der Waals surface area contributed by atoms with Gasteiger partial charge in [0.15, 0.2) is 9.84 Å². The molecule has 0 radical (unpaired) electrons. The molecule has 0 aromatic heterocycles. The normalized spacial score (nSPS) is 13.4. The Kier molecular flexibility index (Phi) is 6.60. The number of para-hydroxylation sites is 1. The Balaban J connectivity index is 1.44. The number of sulfone groups is 1. The summed E-state index contributed by atoms with van der Waals surface area (Å²) in [6, 6.07) is 21.1. The predicted molar refractivity (Wildman–Crippen MR) is 129 cm³/mol. The molecule has 0 saturated heterocycles. The first-order chi connectivity index (χ1) is 15.9. The highest BCUT2D eigenvalue weighted by Gasteiger charge is 2.28. The largest absolute Gasteiger partial charge is 0.326 e. The lowest BCUT2D eigenvalue weighted by Gasteiger charge is -2.13. The summed E-state index contributed by atoms with van der Waals surface area (Å²) in [5.74, 6) is -0.00549. The van der Waals surface area contributed by atoms with Crippen LogP contribution in [0.1, 0.15) is 47.2 Å². The Labute approximate surface area is 194 Å². The number of anilines is 2. The number of amides is 2. The summed E-state index contributed by atoms with van der Waals surface area (Å²) in [5, 5.41) is 5.82. The summed E-state index contributed by atoms with van der Waals surface area (Å²) in [7, 11) is -3.26. The Bertz CT molecular complexity index is 1270. The molecular formula is C26H26N2O4S. The van der Waals surface area contributed by atoms with Gasteiger partial charge in [0, 0.05) is 16.9 Å². The van der Waals surface area contributed by atoms with Gasteiger partial charge in [0.1, 0.15) is 0 Å². The number of hydrogen-bond acceptors (Lipinski definition) is 4. The van der Waals surface area contributed by atoms with Crippen molar-refractivity contribution in [3.63, 3.8) is 0 Å². The van der Waals surface area contributed by atoms with Gasteiger partial charge in [-0.3, -0.25) is 9.59 Å². The zero-order chi connectivity index (χ0) is 23.4. The molecule has 0 bridgehead atoms. The van der Waals surface area contributed by atoms with Gasteiger partial charge in [-0.15, -0.1) is 0 Å². The molecule has 0 spiro atoms. The maximum atomic E-state index is 12.8. The molecule has 3 aromatic rings. The molecule has 170 valence electrons. The van der Waals surface area contributed by atoms with Crippen LogP contribution in [0.3, 0.4) is 0 Å². The third-order valence-corrected chi connectivity index (χ3v) is 7.41. The van der Waals surface area contributed by atoms with Crippen LogP contribution >= 0.6 is 0 Å². The molecule has 1 aliphatic carbocycles. The quantitative estimate of drug-likeness (QED) is 0.503. The summed E-state index contributed by atoms with van der Waals surface area (Å²) in [5.41, 5.74) is 3.66. The molecule has 0 aliphatic heterocycles. The predicted octanol–water partition coefficient (Wildman–Crippen LogP) is 4.79. The summed E-state index contributed by atoms with van der Waals surface area (Å²) in [4.78, 5) is 25.6. The van der Waals surface area contributed by atoms with Gasteiger partial charge in [0.2, 0.25) is 5.91 Å². The van der Waals surface area contributed by atoms with E-state index in [9.17, 15) is 18.0 Å². The van der Waals surface area contributed by atoms with Crippen molar-refractivity contribution in [3.05, 3.63) is 89.5 Å². The fourth-order valence-corrected chi connectivity index (χ4v) is 4.56. The molecule has 2 N–H and O–H groups in total. The molecule has 0 heterocycles. The molecule has 0 unspecified atom stereocenters. The van der Waals surface area contributed by atoms with Gasteiger partial charge in [-0.2, -0.15) is 0 Å². The van der Waals surface area contributed by atoms with Crippen LogP contribution in [-0.4, -0.2) is 26.0 Å². The van der Waals surface area contributed by atoms with Crippen LogP contribution < -0.4 is 10.6 Å². The zero-order valence-electron chi connectivity index (χ0n) is 18.4. The van der Waals surface area contributed by atoms with Crippen LogP contribution in [0.5, 0.6) is 0 Å². The Morgan fingerprint density at radius 2 is 1.58 bits per heavy atom. The average molecular weight is 463 g/mol. The number of benzene rings is 3. The van der Waals surface area contributed by atoms with Crippen molar-refractivity contribution in [3.8, 4) is 0 Å². The third-order valence-electron chi connectivity index (χ3n) is 5.66. The molecule has 0 atom stereocenters. The SMILES string of the molecule is CCS(=O)(=O)c1ccc(CC(=O)Nc2ccc(C(=O)Nc3ccccc3)c(C3CC3)c2)cc1. The van der Waals surface area contributed by atoms with E-state index >= 15 is 0 Å². The molecule has 6 nitrogen and oxygen atoms in total. The van der Waals surface area contributed by atoms with Gasteiger partial charge in [-0.1, -0.05) is 37.3 Å². The van der Waals surface area contributed by atoms with Gasteiger partial charge in [0.25, 0.3) is 5.91 Å². The molecular weight excluding hydrogens is 436 g/mol. The summed E-state index contributed by atoms with van der Waals surface area (Å²) in [6.45, 7) is 1.60. The topological polar surface area (TPSA) is 92.3 Å². The summed E-state index contributed by atoms with van der Waals surface area (Å²) in [6.07, 6.45) is 2.17. The number of carbonyl (C=O) groups excluding carboxylic acids is 2. The lowest BCUT2D eigenvalue weighted by atomic mass is 10.0. The first-order valence-corrected chi connectivity index (χ1v) is 12.6. The monoisotopic (exact) mass is 462 g/mol. The molecule has 1 saturated carbocycles. The van der Waals surface area contributed by atoms with E-state index in [4.69, 9.17) is 0 Å². The van der Waals surface area contributed by atoms with Crippen LogP contribution in [0.15, 0.2) is 77.7 Å². The van der Waals surface area contributed by atoms with E-state index < -0.39 is 9.84 Å². The van der Waals surface area contributed by atoms with Gasteiger partial charge < -0.3 is 10.6 Å². The number of carbonyl (C=O) groups is 2. The molecule has 4 rings (SSSR count). The maximum Gasteiger partial charge on any atom is 0.255 e. The highest BCUT2D eigenvalue weighted by molar-refractivity contribution is 7.91. The molecule has 1 aliphatic rings. The van der Waals surface area contributed by atoms with Crippen LogP contribution in [0.2, 0.25) is 0 Å². The molecule has 33 heavy (non-hydrogen) atoms. The Hall–Kier alpha value is -3.45. The van der Waals surface area contributed by atoms with Crippen LogP contribution in [-0.2, 0) is 21.1 Å². The van der Waals surface area contributed by atoms with Gasteiger partial charge in [-0.05, 0) is 72.4 Å². The van der Waals surface area contributed by atoms with E-state index in [-0.39, 0.29) is 28.9 Å². The first kappa shape index (κ1) is 22.7. The van der Waals surface area contributed by atoms with E-state index in [1.807, 2.05) is 36.4 Å². The fourth-order valence-electron chi connectivity index (χ4n) is 3.67.